The molecule has 20 heavy (non-hydrogen) atoms. The Balaban J connectivity index is 3.01. The Labute approximate surface area is 119 Å². The Morgan fingerprint density at radius 1 is 1.15 bits per heavy atom. The second-order valence-electron chi connectivity index (χ2n) is 3.87. The molecule has 0 amide bonds. The van der Waals surface area contributed by atoms with E-state index in [1.165, 1.54) is 0 Å². The summed E-state index contributed by atoms with van der Waals surface area (Å²) in [5, 5.41) is 0. The molecule has 0 aliphatic carbocycles. The van der Waals surface area contributed by atoms with Crippen LogP contribution in [0, 0.1) is 0 Å². The monoisotopic (exact) mass is 279 g/mol. The van der Waals surface area contributed by atoms with Gasteiger partial charge < -0.3 is 14.2 Å². The van der Waals surface area contributed by atoms with Crippen LogP contribution in [0.1, 0.15) is 26.3 Å². The van der Waals surface area contributed by atoms with Crippen LogP contribution in [0.2, 0.25) is 0 Å². The first kappa shape index (κ1) is 16.3. The number of rotatable bonds is 8. The molecule has 0 aliphatic rings. The topological polar surface area (TPSA) is 57.7 Å². The lowest BCUT2D eigenvalue weighted by Gasteiger charge is -2.27. The van der Waals surface area contributed by atoms with Crippen molar-refractivity contribution in [3.63, 3.8) is 0 Å². The zero-order valence-corrected chi connectivity index (χ0v) is 12.2. The molecule has 0 aromatic carbocycles. The highest BCUT2D eigenvalue weighted by molar-refractivity contribution is 5.81. The fourth-order valence-corrected chi connectivity index (χ4v) is 1.66. The first-order chi connectivity index (χ1) is 9.68. The minimum absolute atomic E-state index is 0.268. The highest BCUT2D eigenvalue weighted by Crippen LogP contribution is 2.20. The van der Waals surface area contributed by atoms with E-state index in [0.29, 0.717) is 13.2 Å². The molecule has 0 spiro atoms. The van der Waals surface area contributed by atoms with Gasteiger partial charge in [0.2, 0.25) is 0 Å². The molecule has 1 rings (SSSR count). The predicted molar refractivity (Wildman–Crippen MR) is 75.9 cm³/mol. The third-order valence-corrected chi connectivity index (χ3v) is 2.48. The van der Waals surface area contributed by atoms with Crippen LogP contribution in [-0.2, 0) is 19.0 Å². The van der Waals surface area contributed by atoms with Gasteiger partial charge in [0.15, 0.2) is 0 Å². The highest BCUT2D eigenvalue weighted by Gasteiger charge is 2.39. The number of pyridine rings is 1. The Morgan fingerprint density at radius 3 is 2.25 bits per heavy atom. The molecular weight excluding hydrogens is 258 g/mol. The maximum atomic E-state index is 12.1. The predicted octanol–water partition coefficient (Wildman–Crippen LogP) is 2.43. The number of aromatic nitrogens is 1. The van der Waals surface area contributed by atoms with Crippen molar-refractivity contribution >= 4 is 12.0 Å². The highest BCUT2D eigenvalue weighted by atomic mass is 16.7. The molecular formula is C15H21NO4. The summed E-state index contributed by atoms with van der Waals surface area (Å²) in [5.41, 5.74) is 0.896. The van der Waals surface area contributed by atoms with Gasteiger partial charge in [0.25, 0.3) is 5.79 Å². The largest absolute Gasteiger partial charge is 0.462 e. The molecule has 5 heteroatoms. The van der Waals surface area contributed by atoms with Crippen LogP contribution < -0.4 is 0 Å². The fourth-order valence-electron chi connectivity index (χ4n) is 1.66. The van der Waals surface area contributed by atoms with E-state index < -0.39 is 11.8 Å². The van der Waals surface area contributed by atoms with E-state index in [9.17, 15) is 4.79 Å². The van der Waals surface area contributed by atoms with Crippen molar-refractivity contribution in [2.75, 3.05) is 19.8 Å². The van der Waals surface area contributed by atoms with E-state index in [4.69, 9.17) is 14.2 Å². The number of carbonyl (C=O) groups is 1. The van der Waals surface area contributed by atoms with Crippen molar-refractivity contribution < 1.29 is 19.0 Å². The molecule has 1 heterocycles. The summed E-state index contributed by atoms with van der Waals surface area (Å²) in [6.45, 7) is 6.27. The minimum atomic E-state index is -1.50. The lowest BCUT2D eigenvalue weighted by molar-refractivity contribution is -0.224. The molecule has 0 unspecified atom stereocenters. The zero-order valence-electron chi connectivity index (χ0n) is 12.2. The van der Waals surface area contributed by atoms with Gasteiger partial charge in [-0.1, -0.05) is 6.08 Å². The minimum Gasteiger partial charge on any atom is -0.462 e. The third-order valence-electron chi connectivity index (χ3n) is 2.48. The van der Waals surface area contributed by atoms with E-state index in [1.54, 1.807) is 45.3 Å². The van der Waals surface area contributed by atoms with Gasteiger partial charge in [0.1, 0.15) is 0 Å². The van der Waals surface area contributed by atoms with E-state index in [1.807, 2.05) is 12.1 Å². The van der Waals surface area contributed by atoms with Gasteiger partial charge >= 0.3 is 5.97 Å². The van der Waals surface area contributed by atoms with Gasteiger partial charge in [-0.25, -0.2) is 4.79 Å². The fraction of sp³-hybridized carbons (Fsp3) is 0.467. The van der Waals surface area contributed by atoms with Crippen LogP contribution in [0.25, 0.3) is 6.08 Å². The summed E-state index contributed by atoms with van der Waals surface area (Å²) in [7, 11) is 0. The Kier molecular flexibility index (Phi) is 6.90. The SMILES string of the molecule is CCOC(=O)C(C=Cc1ccncc1)(OCC)OCC. The van der Waals surface area contributed by atoms with Crippen molar-refractivity contribution in [2.24, 2.45) is 0 Å². The summed E-state index contributed by atoms with van der Waals surface area (Å²) < 4.78 is 16.1. The van der Waals surface area contributed by atoms with Crippen molar-refractivity contribution in [3.05, 3.63) is 36.2 Å². The standard InChI is InChI=1S/C15H21NO4/c1-4-18-14(17)15(19-5-2,20-6-3)10-7-13-8-11-16-12-9-13/h7-12H,4-6H2,1-3H3. The molecule has 0 saturated heterocycles. The molecule has 0 atom stereocenters. The van der Waals surface area contributed by atoms with E-state index in [0.717, 1.165) is 5.56 Å². The lowest BCUT2D eigenvalue weighted by atomic mass is 10.2. The van der Waals surface area contributed by atoms with Crippen LogP contribution in [0.5, 0.6) is 0 Å². The number of ether oxygens (including phenoxy) is 3. The third kappa shape index (κ3) is 4.43. The van der Waals surface area contributed by atoms with Crippen molar-refractivity contribution in [2.45, 2.75) is 26.6 Å². The zero-order chi connectivity index (χ0) is 14.8. The molecule has 0 saturated carbocycles. The summed E-state index contributed by atoms with van der Waals surface area (Å²) in [6, 6.07) is 3.65. The number of hydrogen-bond acceptors (Lipinski definition) is 5. The van der Waals surface area contributed by atoms with Gasteiger partial charge in [-0.3, -0.25) is 4.98 Å². The van der Waals surface area contributed by atoms with E-state index in [2.05, 4.69) is 4.98 Å². The first-order valence-electron chi connectivity index (χ1n) is 6.72. The number of carbonyl (C=O) groups excluding carboxylic acids is 1. The van der Waals surface area contributed by atoms with Crippen LogP contribution in [0.15, 0.2) is 30.6 Å². The molecule has 0 aliphatic heterocycles. The van der Waals surface area contributed by atoms with Gasteiger partial charge in [-0.05, 0) is 44.5 Å². The number of esters is 1. The molecule has 0 N–H and O–H groups in total. The molecule has 0 bridgehead atoms. The second kappa shape index (κ2) is 8.45. The second-order valence-corrected chi connectivity index (χ2v) is 3.87. The normalized spacial score (nSPS) is 11.8. The average molecular weight is 279 g/mol. The smallest absolute Gasteiger partial charge is 0.371 e. The Hall–Kier alpha value is -1.72. The van der Waals surface area contributed by atoms with Gasteiger partial charge in [0, 0.05) is 25.6 Å². The number of nitrogens with zero attached hydrogens (tertiary/aromatic N) is 1. The van der Waals surface area contributed by atoms with Crippen LogP contribution in [0.3, 0.4) is 0 Å². The molecule has 0 fully saturated rings. The first-order valence-corrected chi connectivity index (χ1v) is 6.72. The summed E-state index contributed by atoms with van der Waals surface area (Å²) in [6.07, 6.45) is 6.68. The van der Waals surface area contributed by atoms with Crippen molar-refractivity contribution in [1.29, 1.82) is 0 Å². The summed E-state index contributed by atoms with van der Waals surface area (Å²) in [5.74, 6) is -2.04. The molecule has 110 valence electrons. The van der Waals surface area contributed by atoms with Crippen LogP contribution >= 0.6 is 0 Å². The summed E-state index contributed by atoms with van der Waals surface area (Å²) in [4.78, 5) is 16.1. The Bertz CT molecular complexity index is 425. The van der Waals surface area contributed by atoms with Gasteiger partial charge in [-0.2, -0.15) is 0 Å². The Morgan fingerprint density at radius 2 is 1.75 bits per heavy atom. The maximum Gasteiger partial charge on any atom is 0.371 e. The van der Waals surface area contributed by atoms with Crippen molar-refractivity contribution in [3.8, 4) is 0 Å². The molecule has 1 aromatic heterocycles. The van der Waals surface area contributed by atoms with Gasteiger partial charge in [0.05, 0.1) is 6.61 Å². The maximum absolute atomic E-state index is 12.1. The van der Waals surface area contributed by atoms with E-state index >= 15 is 0 Å². The van der Waals surface area contributed by atoms with Crippen molar-refractivity contribution in [1.82, 2.24) is 4.98 Å². The van der Waals surface area contributed by atoms with Crippen LogP contribution in [-0.4, -0.2) is 36.6 Å². The van der Waals surface area contributed by atoms with E-state index in [-0.39, 0.29) is 6.61 Å². The quantitative estimate of drug-likeness (QED) is 0.540. The van der Waals surface area contributed by atoms with Gasteiger partial charge in [-0.15, -0.1) is 0 Å². The molecule has 0 radical (unpaired) electrons. The lowest BCUT2D eigenvalue weighted by Crippen LogP contribution is -2.44. The number of hydrogen-bond donors (Lipinski definition) is 0. The summed E-state index contributed by atoms with van der Waals surface area (Å²) >= 11 is 0. The molecule has 1 aromatic rings. The average Bonchev–Trinajstić information content (AvgIpc) is 2.46. The van der Waals surface area contributed by atoms with Crippen LogP contribution in [0.4, 0.5) is 0 Å². The molecule has 5 nitrogen and oxygen atoms in total.